The first-order valence-electron chi connectivity index (χ1n) is 4.18. The van der Waals surface area contributed by atoms with Gasteiger partial charge in [0.05, 0.1) is 0 Å². The molecule has 2 heteroatoms. The Kier molecular flexibility index (Phi) is 2.23. The summed E-state index contributed by atoms with van der Waals surface area (Å²) in [6.45, 7) is 8.69. The van der Waals surface area contributed by atoms with E-state index in [1.54, 1.807) is 0 Å². The van der Waals surface area contributed by atoms with Crippen LogP contribution < -0.4 is 0 Å². The van der Waals surface area contributed by atoms with Gasteiger partial charge < -0.3 is 0 Å². The Morgan fingerprint density at radius 3 is 1.73 bits per heavy atom. The average Bonchev–Trinajstić information content (AvgIpc) is 2.11. The molecule has 0 bridgehead atoms. The van der Waals surface area contributed by atoms with E-state index in [0.29, 0.717) is 11.8 Å². The Morgan fingerprint density at radius 2 is 1.64 bits per heavy atom. The number of hydrogen-bond acceptors (Lipinski definition) is 0. The number of halogens is 2. The molecule has 0 aromatic carbocycles. The lowest BCUT2D eigenvalue weighted by Crippen LogP contribution is -1.96. The molecule has 1 saturated carbocycles. The van der Waals surface area contributed by atoms with Crippen LogP contribution >= 0.6 is 23.2 Å². The van der Waals surface area contributed by atoms with Gasteiger partial charge in [-0.3, -0.25) is 0 Å². The van der Waals surface area contributed by atoms with Crippen molar-refractivity contribution in [3.8, 4) is 0 Å². The zero-order valence-corrected chi connectivity index (χ0v) is 9.13. The van der Waals surface area contributed by atoms with Gasteiger partial charge in [-0.15, -0.1) is 23.2 Å². The van der Waals surface area contributed by atoms with Gasteiger partial charge >= 0.3 is 0 Å². The summed E-state index contributed by atoms with van der Waals surface area (Å²) in [6, 6.07) is 0. The number of hydrogen-bond donors (Lipinski definition) is 0. The van der Waals surface area contributed by atoms with Crippen LogP contribution in [0.5, 0.6) is 0 Å². The molecule has 1 aliphatic carbocycles. The molecule has 1 unspecified atom stereocenters. The van der Waals surface area contributed by atoms with Crippen molar-refractivity contribution in [3.63, 3.8) is 0 Å². The summed E-state index contributed by atoms with van der Waals surface area (Å²) in [7, 11) is 0. The minimum absolute atomic E-state index is 0.125. The Labute approximate surface area is 79.3 Å². The summed E-state index contributed by atoms with van der Waals surface area (Å²) in [5.41, 5.74) is 0.125. The highest BCUT2D eigenvalue weighted by Gasteiger charge is 2.69. The lowest BCUT2D eigenvalue weighted by atomic mass is 10.0. The summed E-state index contributed by atoms with van der Waals surface area (Å²) in [6.07, 6.45) is 1.14. The second-order valence-electron chi connectivity index (χ2n) is 4.53. The van der Waals surface area contributed by atoms with E-state index in [1.165, 1.54) is 0 Å². The Bertz CT molecular complexity index is 145. The van der Waals surface area contributed by atoms with Crippen molar-refractivity contribution in [2.45, 2.75) is 38.4 Å². The monoisotopic (exact) mass is 194 g/mol. The fourth-order valence-electron chi connectivity index (χ4n) is 1.67. The fraction of sp³-hybridized carbons (Fsp3) is 1.00. The van der Waals surface area contributed by atoms with Crippen molar-refractivity contribution < 1.29 is 0 Å². The van der Waals surface area contributed by atoms with Crippen LogP contribution in [0.1, 0.15) is 34.1 Å². The molecule has 0 aromatic rings. The molecule has 0 N–H and O–H groups in total. The van der Waals surface area contributed by atoms with E-state index in [0.717, 1.165) is 6.42 Å². The van der Waals surface area contributed by atoms with E-state index in [2.05, 4.69) is 27.7 Å². The van der Waals surface area contributed by atoms with Gasteiger partial charge in [0.2, 0.25) is 0 Å². The molecule has 0 aromatic heterocycles. The molecule has 0 nitrogen and oxygen atoms in total. The smallest absolute Gasteiger partial charge is 0.101 e. The molecule has 1 rings (SSSR count). The summed E-state index contributed by atoms with van der Waals surface area (Å²) in [4.78, 5) is 0. The first-order chi connectivity index (χ1) is 4.80. The standard InChI is InChI=1S/C9H16Cl2/c1-6(2)5-7-8(3,4)9(7,10)11/h6-7H,5H2,1-4H3. The van der Waals surface area contributed by atoms with E-state index in [1.807, 2.05) is 0 Å². The van der Waals surface area contributed by atoms with Crippen LogP contribution in [0, 0.1) is 17.3 Å². The molecule has 66 valence electrons. The van der Waals surface area contributed by atoms with Crippen LogP contribution in [-0.4, -0.2) is 4.33 Å². The zero-order valence-electron chi connectivity index (χ0n) is 7.62. The fourth-order valence-corrected chi connectivity index (χ4v) is 2.55. The van der Waals surface area contributed by atoms with Crippen molar-refractivity contribution in [3.05, 3.63) is 0 Å². The largest absolute Gasteiger partial charge is 0.127 e. The SMILES string of the molecule is CC(C)CC1C(C)(C)C1(Cl)Cl. The van der Waals surface area contributed by atoms with Crippen molar-refractivity contribution in [2.24, 2.45) is 17.3 Å². The third-order valence-corrected chi connectivity index (χ3v) is 4.29. The Balaban J connectivity index is 2.54. The van der Waals surface area contributed by atoms with Crippen LogP contribution in [0.2, 0.25) is 0 Å². The van der Waals surface area contributed by atoms with E-state index in [9.17, 15) is 0 Å². The van der Waals surface area contributed by atoms with Gasteiger partial charge in [0.25, 0.3) is 0 Å². The summed E-state index contributed by atoms with van der Waals surface area (Å²) >= 11 is 12.2. The molecule has 0 amide bonds. The molecule has 1 atom stereocenters. The Morgan fingerprint density at radius 1 is 1.27 bits per heavy atom. The molecule has 1 fully saturated rings. The molecule has 0 aliphatic heterocycles. The molecule has 1 aliphatic rings. The van der Waals surface area contributed by atoms with Crippen molar-refractivity contribution in [1.82, 2.24) is 0 Å². The molecule has 11 heavy (non-hydrogen) atoms. The highest BCUT2D eigenvalue weighted by molar-refractivity contribution is 6.51. The normalized spacial score (nSPS) is 32.5. The molecule has 0 saturated heterocycles. The third kappa shape index (κ3) is 1.40. The van der Waals surface area contributed by atoms with Crippen molar-refractivity contribution in [1.29, 1.82) is 0 Å². The Hall–Kier alpha value is 0.580. The number of alkyl halides is 2. The quantitative estimate of drug-likeness (QED) is 0.587. The highest BCUT2D eigenvalue weighted by Crippen LogP contribution is 2.70. The van der Waals surface area contributed by atoms with Crippen LogP contribution in [-0.2, 0) is 0 Å². The lowest BCUT2D eigenvalue weighted by molar-refractivity contribution is 0.462. The second kappa shape index (κ2) is 2.53. The first-order valence-corrected chi connectivity index (χ1v) is 4.93. The molecule has 0 radical (unpaired) electrons. The molecule has 0 heterocycles. The van der Waals surface area contributed by atoms with Crippen LogP contribution in [0.15, 0.2) is 0 Å². The highest BCUT2D eigenvalue weighted by atomic mass is 35.5. The van der Waals surface area contributed by atoms with Gasteiger partial charge in [0.15, 0.2) is 0 Å². The lowest BCUT2D eigenvalue weighted by Gasteiger charge is -2.03. The minimum atomic E-state index is -0.461. The molecular weight excluding hydrogens is 179 g/mol. The second-order valence-corrected chi connectivity index (χ2v) is 5.91. The number of rotatable bonds is 2. The minimum Gasteiger partial charge on any atom is -0.101 e. The maximum atomic E-state index is 6.11. The topological polar surface area (TPSA) is 0 Å². The van der Waals surface area contributed by atoms with E-state index < -0.39 is 4.33 Å². The predicted octanol–water partition coefficient (Wildman–Crippen LogP) is 3.86. The van der Waals surface area contributed by atoms with Crippen LogP contribution in [0.25, 0.3) is 0 Å². The van der Waals surface area contributed by atoms with E-state index in [-0.39, 0.29) is 5.41 Å². The van der Waals surface area contributed by atoms with Gasteiger partial charge in [-0.1, -0.05) is 27.7 Å². The van der Waals surface area contributed by atoms with Gasteiger partial charge in [-0.2, -0.15) is 0 Å². The van der Waals surface area contributed by atoms with Gasteiger partial charge in [0, 0.05) is 11.3 Å². The van der Waals surface area contributed by atoms with Gasteiger partial charge in [-0.05, 0) is 12.3 Å². The van der Waals surface area contributed by atoms with Gasteiger partial charge in [-0.25, -0.2) is 0 Å². The first kappa shape index (κ1) is 9.67. The summed E-state index contributed by atoms with van der Waals surface area (Å²) in [5.74, 6) is 1.18. The zero-order chi connectivity index (χ0) is 8.86. The van der Waals surface area contributed by atoms with Crippen LogP contribution in [0.4, 0.5) is 0 Å². The van der Waals surface area contributed by atoms with Crippen LogP contribution in [0.3, 0.4) is 0 Å². The predicted molar refractivity (Wildman–Crippen MR) is 51.2 cm³/mol. The maximum absolute atomic E-state index is 6.11. The van der Waals surface area contributed by atoms with Crippen molar-refractivity contribution in [2.75, 3.05) is 0 Å². The van der Waals surface area contributed by atoms with E-state index in [4.69, 9.17) is 23.2 Å². The average molecular weight is 195 g/mol. The molecular formula is C9H16Cl2. The molecule has 0 spiro atoms. The maximum Gasteiger partial charge on any atom is 0.127 e. The van der Waals surface area contributed by atoms with Crippen molar-refractivity contribution >= 4 is 23.2 Å². The third-order valence-electron chi connectivity index (χ3n) is 2.79. The summed E-state index contributed by atoms with van der Waals surface area (Å²) < 4.78 is -0.461. The van der Waals surface area contributed by atoms with Gasteiger partial charge in [0.1, 0.15) is 4.33 Å². The summed E-state index contributed by atoms with van der Waals surface area (Å²) in [5, 5.41) is 0. The van der Waals surface area contributed by atoms with E-state index >= 15 is 0 Å².